The summed E-state index contributed by atoms with van der Waals surface area (Å²) in [5.74, 6) is 0.254. The van der Waals surface area contributed by atoms with Crippen molar-refractivity contribution in [3.63, 3.8) is 0 Å². The van der Waals surface area contributed by atoms with Crippen molar-refractivity contribution in [2.45, 2.75) is 25.4 Å². The van der Waals surface area contributed by atoms with Crippen molar-refractivity contribution < 1.29 is 13.9 Å². The van der Waals surface area contributed by atoms with Crippen LogP contribution in [-0.4, -0.2) is 18.0 Å². The molecule has 0 saturated carbocycles. The van der Waals surface area contributed by atoms with Gasteiger partial charge in [0.1, 0.15) is 11.2 Å². The van der Waals surface area contributed by atoms with Crippen LogP contribution in [0.2, 0.25) is 5.02 Å². The minimum atomic E-state index is -0.738. The number of Topliss-reactive ketones (excluding diaryl/α,β-unsaturated/α-hetero) is 1. The predicted molar refractivity (Wildman–Crippen MR) is 69.1 cm³/mol. The van der Waals surface area contributed by atoms with Gasteiger partial charge in [0, 0.05) is 17.0 Å². The minimum Gasteiger partial charge on any atom is -0.453 e. The second-order valence-corrected chi connectivity index (χ2v) is 5.24. The number of ether oxygens (including phenoxy) is 1. The van der Waals surface area contributed by atoms with Crippen LogP contribution < -0.4 is 0 Å². The van der Waals surface area contributed by atoms with E-state index < -0.39 is 5.60 Å². The normalized spacial score (nSPS) is 23.7. The van der Waals surface area contributed by atoms with Gasteiger partial charge >= 0.3 is 0 Å². The number of carbonyl (C=O) groups excluding carboxylic acids is 1. The van der Waals surface area contributed by atoms with Crippen LogP contribution in [0.15, 0.2) is 28.7 Å². The van der Waals surface area contributed by atoms with E-state index in [0.717, 1.165) is 18.2 Å². The summed E-state index contributed by atoms with van der Waals surface area (Å²) < 4.78 is 11.1. The Morgan fingerprint density at radius 2 is 2.22 bits per heavy atom. The molecule has 3 rings (SSSR count). The lowest BCUT2D eigenvalue weighted by molar-refractivity contribution is 0.0192. The van der Waals surface area contributed by atoms with Gasteiger partial charge in [-0.25, -0.2) is 0 Å². The molecule has 1 aliphatic rings. The van der Waals surface area contributed by atoms with E-state index in [0.29, 0.717) is 23.0 Å². The summed E-state index contributed by atoms with van der Waals surface area (Å²) in [4.78, 5) is 12.4. The maximum absolute atomic E-state index is 12.4. The molecule has 1 unspecified atom stereocenters. The number of hydrogen-bond acceptors (Lipinski definition) is 3. The second kappa shape index (κ2) is 4.11. The molecule has 1 aliphatic heterocycles. The Morgan fingerprint density at radius 3 is 2.94 bits per heavy atom. The van der Waals surface area contributed by atoms with Crippen molar-refractivity contribution in [2.24, 2.45) is 0 Å². The Kier molecular flexibility index (Phi) is 2.68. The molecule has 2 aromatic rings. The van der Waals surface area contributed by atoms with Gasteiger partial charge in [-0.1, -0.05) is 11.6 Å². The lowest BCUT2D eigenvalue weighted by Gasteiger charge is -2.19. The van der Waals surface area contributed by atoms with Crippen molar-refractivity contribution in [3.05, 3.63) is 35.0 Å². The SMILES string of the molecule is CC1(C(=O)c2cc3cc(Cl)ccc3o2)CCCO1. The first-order chi connectivity index (χ1) is 8.58. The van der Waals surface area contributed by atoms with Crippen molar-refractivity contribution in [1.82, 2.24) is 0 Å². The van der Waals surface area contributed by atoms with Crippen LogP contribution in [0.4, 0.5) is 0 Å². The fourth-order valence-corrected chi connectivity index (χ4v) is 2.53. The molecule has 0 N–H and O–H groups in total. The Labute approximate surface area is 110 Å². The van der Waals surface area contributed by atoms with E-state index in [-0.39, 0.29) is 5.78 Å². The first-order valence-corrected chi connectivity index (χ1v) is 6.34. The molecule has 0 radical (unpaired) electrons. The average Bonchev–Trinajstić information content (AvgIpc) is 2.94. The van der Waals surface area contributed by atoms with E-state index in [9.17, 15) is 4.79 Å². The maximum Gasteiger partial charge on any atom is 0.229 e. The van der Waals surface area contributed by atoms with Gasteiger partial charge < -0.3 is 9.15 Å². The number of fused-ring (bicyclic) bond motifs is 1. The van der Waals surface area contributed by atoms with Crippen molar-refractivity contribution in [3.8, 4) is 0 Å². The predicted octanol–water partition coefficient (Wildman–Crippen LogP) is 3.84. The first-order valence-electron chi connectivity index (χ1n) is 5.96. The highest BCUT2D eigenvalue weighted by Gasteiger charge is 2.39. The molecule has 0 spiro atoms. The zero-order valence-corrected chi connectivity index (χ0v) is 10.8. The zero-order chi connectivity index (χ0) is 12.8. The molecule has 1 saturated heterocycles. The van der Waals surface area contributed by atoms with Gasteiger partial charge in [0.05, 0.1) is 0 Å². The number of furan rings is 1. The van der Waals surface area contributed by atoms with Crippen molar-refractivity contribution in [1.29, 1.82) is 0 Å². The first kappa shape index (κ1) is 11.8. The largest absolute Gasteiger partial charge is 0.453 e. The number of benzene rings is 1. The van der Waals surface area contributed by atoms with Gasteiger partial charge in [0.25, 0.3) is 0 Å². The molecule has 1 atom stereocenters. The number of ketones is 1. The summed E-state index contributed by atoms with van der Waals surface area (Å²) >= 11 is 5.91. The third kappa shape index (κ3) is 1.84. The smallest absolute Gasteiger partial charge is 0.229 e. The number of hydrogen-bond donors (Lipinski definition) is 0. The van der Waals surface area contributed by atoms with Crippen LogP contribution >= 0.6 is 11.6 Å². The highest BCUT2D eigenvalue weighted by molar-refractivity contribution is 6.31. The van der Waals surface area contributed by atoms with E-state index in [2.05, 4.69) is 0 Å². The van der Waals surface area contributed by atoms with Gasteiger partial charge in [-0.15, -0.1) is 0 Å². The third-order valence-electron chi connectivity index (χ3n) is 3.40. The zero-order valence-electron chi connectivity index (χ0n) is 10.0. The van der Waals surface area contributed by atoms with E-state index in [1.807, 2.05) is 6.92 Å². The second-order valence-electron chi connectivity index (χ2n) is 4.80. The molecule has 1 aromatic carbocycles. The highest BCUT2D eigenvalue weighted by atomic mass is 35.5. The number of rotatable bonds is 2. The van der Waals surface area contributed by atoms with E-state index >= 15 is 0 Å². The molecule has 4 heteroatoms. The van der Waals surface area contributed by atoms with E-state index in [4.69, 9.17) is 20.8 Å². The van der Waals surface area contributed by atoms with Gasteiger partial charge in [-0.3, -0.25) is 4.79 Å². The molecule has 3 nitrogen and oxygen atoms in total. The molecular weight excluding hydrogens is 252 g/mol. The van der Waals surface area contributed by atoms with Gasteiger partial charge in [-0.2, -0.15) is 0 Å². The van der Waals surface area contributed by atoms with Crippen LogP contribution in [0.5, 0.6) is 0 Å². The molecule has 0 bridgehead atoms. The summed E-state index contributed by atoms with van der Waals surface area (Å²) in [6.07, 6.45) is 1.65. The van der Waals surface area contributed by atoms with Gasteiger partial charge in [-0.05, 0) is 44.0 Å². The number of carbonyl (C=O) groups is 1. The Morgan fingerprint density at radius 1 is 1.39 bits per heavy atom. The summed E-state index contributed by atoms with van der Waals surface area (Å²) in [6, 6.07) is 7.03. The van der Waals surface area contributed by atoms with Crippen LogP contribution in [0.1, 0.15) is 30.3 Å². The molecule has 1 aromatic heterocycles. The Hall–Kier alpha value is -1.32. The molecule has 94 valence electrons. The molecule has 0 amide bonds. The van der Waals surface area contributed by atoms with Crippen LogP contribution in [0.25, 0.3) is 11.0 Å². The molecule has 1 fully saturated rings. The monoisotopic (exact) mass is 264 g/mol. The van der Waals surface area contributed by atoms with Crippen molar-refractivity contribution >= 4 is 28.4 Å². The summed E-state index contributed by atoms with van der Waals surface area (Å²) in [5, 5.41) is 1.47. The average molecular weight is 265 g/mol. The maximum atomic E-state index is 12.4. The third-order valence-corrected chi connectivity index (χ3v) is 3.64. The van der Waals surface area contributed by atoms with Gasteiger partial charge in [0.2, 0.25) is 5.78 Å². The number of halogens is 1. The molecular formula is C14H13ClO3. The standard InChI is InChI=1S/C14H13ClO3/c1-14(5-2-6-17-14)13(16)12-8-9-7-10(15)3-4-11(9)18-12/h3-4,7-8H,2,5-6H2,1H3. The summed E-state index contributed by atoms with van der Waals surface area (Å²) in [7, 11) is 0. The summed E-state index contributed by atoms with van der Waals surface area (Å²) in [5.41, 5.74) is -0.0677. The van der Waals surface area contributed by atoms with Crippen LogP contribution in [0, 0.1) is 0 Å². The molecule has 0 aliphatic carbocycles. The fraction of sp³-hybridized carbons (Fsp3) is 0.357. The molecule has 18 heavy (non-hydrogen) atoms. The lowest BCUT2D eigenvalue weighted by Crippen LogP contribution is -2.33. The van der Waals surface area contributed by atoms with E-state index in [1.165, 1.54) is 0 Å². The lowest BCUT2D eigenvalue weighted by atomic mass is 9.95. The highest BCUT2D eigenvalue weighted by Crippen LogP contribution is 2.31. The Bertz CT molecular complexity index is 609. The van der Waals surface area contributed by atoms with Gasteiger partial charge in [0.15, 0.2) is 5.76 Å². The topological polar surface area (TPSA) is 39.4 Å². The minimum absolute atomic E-state index is 0.0904. The van der Waals surface area contributed by atoms with Crippen LogP contribution in [-0.2, 0) is 4.74 Å². The molecule has 2 heterocycles. The van der Waals surface area contributed by atoms with Crippen LogP contribution in [0.3, 0.4) is 0 Å². The summed E-state index contributed by atoms with van der Waals surface area (Å²) in [6.45, 7) is 2.46. The fourth-order valence-electron chi connectivity index (χ4n) is 2.34. The quantitative estimate of drug-likeness (QED) is 0.774. The van der Waals surface area contributed by atoms with E-state index in [1.54, 1.807) is 24.3 Å². The van der Waals surface area contributed by atoms with Crippen molar-refractivity contribution in [2.75, 3.05) is 6.61 Å². The Balaban J connectivity index is 2.01.